The summed E-state index contributed by atoms with van der Waals surface area (Å²) in [5.41, 5.74) is 6.63. The Morgan fingerprint density at radius 2 is 0.894 bits per heavy atom. The molecule has 9 heteroatoms. The van der Waals surface area contributed by atoms with Crippen molar-refractivity contribution in [1.29, 1.82) is 5.26 Å². The molecule has 0 aliphatic heterocycles. The van der Waals surface area contributed by atoms with Crippen molar-refractivity contribution in [2.45, 2.75) is 12.4 Å². The zero-order valence-corrected chi connectivity index (χ0v) is 34.7. The van der Waals surface area contributed by atoms with Crippen LogP contribution in [-0.4, -0.2) is 9.13 Å². The van der Waals surface area contributed by atoms with Crippen molar-refractivity contribution >= 4 is 43.6 Å². The average molecular weight is 874 g/mol. The first-order chi connectivity index (χ1) is 32.0. The summed E-state index contributed by atoms with van der Waals surface area (Å²) in [6.45, 7) is 0. The lowest BCUT2D eigenvalue weighted by molar-refractivity contribution is -0.142. The minimum Gasteiger partial charge on any atom is -0.309 e. The van der Waals surface area contributed by atoms with Crippen molar-refractivity contribution in [3.8, 4) is 62.0 Å². The van der Waals surface area contributed by atoms with Gasteiger partial charge in [-0.1, -0.05) is 121 Å². The maximum Gasteiger partial charge on any atom is 0.417 e. The summed E-state index contributed by atoms with van der Waals surface area (Å²) in [6, 6.07) is 62.5. The average Bonchev–Trinajstić information content (AvgIpc) is 3.85. The van der Waals surface area contributed by atoms with Gasteiger partial charge in [0.25, 0.3) is 0 Å². The van der Waals surface area contributed by atoms with Gasteiger partial charge >= 0.3 is 12.4 Å². The van der Waals surface area contributed by atoms with Crippen LogP contribution in [0, 0.1) is 11.3 Å². The molecule has 0 saturated carbocycles. The van der Waals surface area contributed by atoms with Gasteiger partial charge in [-0.15, -0.1) is 0 Å². The van der Waals surface area contributed by atoms with Crippen LogP contribution in [0.2, 0.25) is 0 Å². The van der Waals surface area contributed by atoms with Gasteiger partial charge in [0, 0.05) is 38.4 Å². The van der Waals surface area contributed by atoms with Crippen molar-refractivity contribution in [2.24, 2.45) is 0 Å². The van der Waals surface area contributed by atoms with Crippen LogP contribution in [0.15, 0.2) is 200 Å². The highest BCUT2D eigenvalue weighted by atomic mass is 19.4. The van der Waals surface area contributed by atoms with Crippen molar-refractivity contribution in [3.05, 3.63) is 217 Å². The van der Waals surface area contributed by atoms with Crippen molar-refractivity contribution < 1.29 is 26.3 Å². The fourth-order valence-corrected chi connectivity index (χ4v) is 9.42. The van der Waals surface area contributed by atoms with E-state index in [2.05, 4.69) is 53.1 Å². The van der Waals surface area contributed by atoms with Crippen molar-refractivity contribution in [1.82, 2.24) is 9.13 Å². The molecule has 0 fully saturated rings. The Labute approximate surface area is 374 Å². The van der Waals surface area contributed by atoms with Crippen LogP contribution >= 0.6 is 0 Å². The molecular weight excluding hydrogens is 841 g/mol. The zero-order chi connectivity index (χ0) is 45.3. The molecule has 66 heavy (non-hydrogen) atoms. The van der Waals surface area contributed by atoms with E-state index in [1.54, 1.807) is 18.2 Å². The summed E-state index contributed by atoms with van der Waals surface area (Å²) in [4.78, 5) is 0. The first kappa shape index (κ1) is 40.4. The lowest BCUT2D eigenvalue weighted by Gasteiger charge is -2.20. The molecule has 2 heterocycles. The Kier molecular flexibility index (Phi) is 9.45. The molecule has 0 radical (unpaired) electrons. The Balaban J connectivity index is 1.19. The van der Waals surface area contributed by atoms with Gasteiger partial charge < -0.3 is 9.13 Å². The fourth-order valence-electron chi connectivity index (χ4n) is 9.42. The van der Waals surface area contributed by atoms with E-state index in [0.717, 1.165) is 71.9 Å². The summed E-state index contributed by atoms with van der Waals surface area (Å²) in [6.07, 6.45) is -10.1. The molecule has 0 saturated heterocycles. The standard InChI is InChI=1S/C57H33F6N3/c58-56(59,60)41-23-25-43(50(32-41)57(61,62)63)39-22-28-55(66-52-18-10-8-16-45(52)48-30-38(21-27-54(48)66)36-13-5-2-6-14-36)49(31-39)46-33-42(24-19-40(46)34-64)65-51-17-9-7-15-44(51)47-29-37(20-26-53(47)65)35-11-3-1-4-12-35/h1-33H. The minimum absolute atomic E-state index is 0.0292. The Bertz CT molecular complexity index is 3740. The molecule has 0 aliphatic rings. The zero-order valence-electron chi connectivity index (χ0n) is 34.7. The maximum atomic E-state index is 14.8. The van der Waals surface area contributed by atoms with Crippen LogP contribution < -0.4 is 0 Å². The van der Waals surface area contributed by atoms with Crippen molar-refractivity contribution in [2.75, 3.05) is 0 Å². The van der Waals surface area contributed by atoms with E-state index in [-0.39, 0.29) is 17.2 Å². The van der Waals surface area contributed by atoms with Gasteiger partial charge in [0.05, 0.1) is 50.5 Å². The maximum absolute atomic E-state index is 14.8. The normalized spacial score (nSPS) is 12.1. The quantitative estimate of drug-likeness (QED) is 0.153. The van der Waals surface area contributed by atoms with Gasteiger partial charge in [-0.3, -0.25) is 0 Å². The van der Waals surface area contributed by atoms with Gasteiger partial charge in [0.1, 0.15) is 0 Å². The molecule has 0 spiro atoms. The summed E-state index contributed by atoms with van der Waals surface area (Å²) in [5, 5.41) is 14.7. The summed E-state index contributed by atoms with van der Waals surface area (Å²) in [5.74, 6) is 0. The van der Waals surface area contributed by atoms with E-state index >= 15 is 0 Å². The SMILES string of the molecule is N#Cc1ccc(-n2c3ccccc3c3cc(-c4ccccc4)ccc32)cc1-c1cc(-c2ccc(C(F)(F)F)cc2C(F)(F)F)ccc1-n1c2ccccc2c2cc(-c3ccccc3)ccc21. The second kappa shape index (κ2) is 15.4. The Morgan fingerprint density at radius 1 is 0.364 bits per heavy atom. The van der Waals surface area contributed by atoms with E-state index in [0.29, 0.717) is 28.6 Å². The molecule has 0 atom stereocenters. The van der Waals surface area contributed by atoms with Crippen LogP contribution in [0.1, 0.15) is 16.7 Å². The van der Waals surface area contributed by atoms with Crippen LogP contribution in [0.5, 0.6) is 0 Å². The van der Waals surface area contributed by atoms with Gasteiger partial charge in [-0.25, -0.2) is 0 Å². The minimum atomic E-state index is -5.12. The highest BCUT2D eigenvalue weighted by molar-refractivity contribution is 6.12. The molecule has 0 N–H and O–H groups in total. The molecule has 9 aromatic carbocycles. The Morgan fingerprint density at radius 3 is 1.47 bits per heavy atom. The first-order valence-electron chi connectivity index (χ1n) is 21.1. The van der Waals surface area contributed by atoms with Crippen LogP contribution in [0.4, 0.5) is 26.3 Å². The lowest BCUT2D eigenvalue weighted by Crippen LogP contribution is -2.12. The topological polar surface area (TPSA) is 33.6 Å². The van der Waals surface area contributed by atoms with E-state index in [1.165, 1.54) is 6.07 Å². The summed E-state index contributed by atoms with van der Waals surface area (Å²) in [7, 11) is 0. The monoisotopic (exact) mass is 873 g/mol. The second-order valence-corrected chi connectivity index (χ2v) is 16.2. The molecule has 318 valence electrons. The van der Waals surface area contributed by atoms with Crippen LogP contribution in [0.3, 0.4) is 0 Å². The lowest BCUT2D eigenvalue weighted by atomic mass is 9.91. The van der Waals surface area contributed by atoms with Crippen LogP contribution in [-0.2, 0) is 12.4 Å². The summed E-state index contributed by atoms with van der Waals surface area (Å²) < 4.78 is 90.3. The van der Waals surface area contributed by atoms with E-state index in [4.69, 9.17) is 0 Å². The molecule has 0 bridgehead atoms. The predicted molar refractivity (Wildman–Crippen MR) is 252 cm³/mol. The number of fused-ring (bicyclic) bond motifs is 6. The number of halogens is 6. The van der Waals surface area contributed by atoms with Gasteiger partial charge in [-0.05, 0) is 112 Å². The van der Waals surface area contributed by atoms with E-state index < -0.39 is 29.0 Å². The number of hydrogen-bond donors (Lipinski definition) is 0. The second-order valence-electron chi connectivity index (χ2n) is 16.2. The number of para-hydroxylation sites is 2. The number of nitriles is 1. The van der Waals surface area contributed by atoms with Gasteiger partial charge in [0.2, 0.25) is 0 Å². The van der Waals surface area contributed by atoms with Gasteiger partial charge in [0.15, 0.2) is 0 Å². The molecular formula is C57H33F6N3. The molecule has 0 aliphatic carbocycles. The number of aromatic nitrogens is 2. The number of benzene rings is 9. The molecule has 3 nitrogen and oxygen atoms in total. The van der Waals surface area contributed by atoms with Crippen molar-refractivity contribution in [3.63, 3.8) is 0 Å². The third-order valence-corrected chi connectivity index (χ3v) is 12.4. The highest BCUT2D eigenvalue weighted by Crippen LogP contribution is 2.45. The Hall–Kier alpha value is -8.35. The number of hydrogen-bond acceptors (Lipinski definition) is 1. The van der Waals surface area contributed by atoms with Gasteiger partial charge in [-0.2, -0.15) is 31.6 Å². The van der Waals surface area contributed by atoms with E-state index in [1.807, 2.05) is 120 Å². The third-order valence-electron chi connectivity index (χ3n) is 12.4. The fraction of sp³-hybridized carbons (Fsp3) is 0.0351. The van der Waals surface area contributed by atoms with Crippen LogP contribution in [0.25, 0.3) is 99.5 Å². The molecule has 2 aromatic heterocycles. The number of alkyl halides is 6. The molecule has 11 rings (SSSR count). The highest BCUT2D eigenvalue weighted by Gasteiger charge is 2.38. The first-order valence-corrected chi connectivity index (χ1v) is 21.1. The predicted octanol–water partition coefficient (Wildman–Crippen LogP) is 16.5. The third kappa shape index (κ3) is 6.77. The number of rotatable bonds is 6. The molecule has 11 aromatic rings. The smallest absolute Gasteiger partial charge is 0.309 e. The molecule has 0 unspecified atom stereocenters. The van der Waals surface area contributed by atoms with E-state index in [9.17, 15) is 31.6 Å². The summed E-state index contributed by atoms with van der Waals surface area (Å²) >= 11 is 0. The number of nitrogens with zero attached hydrogens (tertiary/aromatic N) is 3. The largest absolute Gasteiger partial charge is 0.417 e. The molecule has 0 amide bonds.